The van der Waals surface area contributed by atoms with Crippen molar-refractivity contribution in [2.24, 2.45) is 5.41 Å². The monoisotopic (exact) mass is 188 g/mol. The van der Waals surface area contributed by atoms with Gasteiger partial charge in [-0.2, -0.15) is 0 Å². The van der Waals surface area contributed by atoms with E-state index in [-0.39, 0.29) is 12.0 Å². The van der Waals surface area contributed by atoms with Crippen LogP contribution in [0.4, 0.5) is 0 Å². The van der Waals surface area contributed by atoms with Gasteiger partial charge >= 0.3 is 0 Å². The molecule has 80 valence electrons. The van der Waals surface area contributed by atoms with Crippen LogP contribution in [0.5, 0.6) is 0 Å². The SMILES string of the molecule is CN(C)CCCNCC(C)(C)CO. The summed E-state index contributed by atoms with van der Waals surface area (Å²) >= 11 is 0. The number of hydrogen-bond acceptors (Lipinski definition) is 3. The van der Waals surface area contributed by atoms with Crippen molar-refractivity contribution < 1.29 is 5.11 Å². The minimum absolute atomic E-state index is 0.0120. The van der Waals surface area contributed by atoms with Crippen LogP contribution in [-0.2, 0) is 0 Å². The summed E-state index contributed by atoms with van der Waals surface area (Å²) in [6, 6.07) is 0. The summed E-state index contributed by atoms with van der Waals surface area (Å²) in [6.07, 6.45) is 1.16. The van der Waals surface area contributed by atoms with Crippen molar-refractivity contribution in [2.45, 2.75) is 20.3 Å². The fourth-order valence-corrected chi connectivity index (χ4v) is 1.00. The summed E-state index contributed by atoms with van der Waals surface area (Å²) in [6.45, 7) is 7.40. The molecule has 0 aliphatic heterocycles. The number of hydrogen-bond donors (Lipinski definition) is 2. The quantitative estimate of drug-likeness (QED) is 0.573. The zero-order valence-corrected chi connectivity index (χ0v) is 9.43. The first-order chi connectivity index (χ1) is 5.98. The Morgan fingerprint density at radius 2 is 1.92 bits per heavy atom. The van der Waals surface area contributed by atoms with Crippen LogP contribution in [0.2, 0.25) is 0 Å². The molecule has 13 heavy (non-hydrogen) atoms. The average molecular weight is 188 g/mol. The maximum absolute atomic E-state index is 8.99. The average Bonchev–Trinajstić information content (AvgIpc) is 2.03. The van der Waals surface area contributed by atoms with Crippen molar-refractivity contribution >= 4 is 0 Å². The number of nitrogens with zero attached hydrogens (tertiary/aromatic N) is 1. The lowest BCUT2D eigenvalue weighted by Crippen LogP contribution is -2.33. The van der Waals surface area contributed by atoms with Crippen molar-refractivity contribution in [2.75, 3.05) is 40.3 Å². The van der Waals surface area contributed by atoms with E-state index in [0.717, 1.165) is 26.1 Å². The van der Waals surface area contributed by atoms with Crippen molar-refractivity contribution in [1.29, 1.82) is 0 Å². The lowest BCUT2D eigenvalue weighted by Gasteiger charge is -2.22. The second kappa shape index (κ2) is 6.35. The van der Waals surface area contributed by atoms with Gasteiger partial charge in [0.05, 0.1) is 0 Å². The van der Waals surface area contributed by atoms with Gasteiger partial charge in [-0.15, -0.1) is 0 Å². The van der Waals surface area contributed by atoms with Gasteiger partial charge in [-0.25, -0.2) is 0 Å². The molecule has 0 aliphatic rings. The molecule has 0 radical (unpaired) electrons. The fourth-order valence-electron chi connectivity index (χ4n) is 1.00. The Morgan fingerprint density at radius 1 is 1.31 bits per heavy atom. The molecule has 0 unspecified atom stereocenters. The largest absolute Gasteiger partial charge is 0.396 e. The zero-order chi connectivity index (χ0) is 10.3. The molecule has 0 heterocycles. The van der Waals surface area contributed by atoms with E-state index >= 15 is 0 Å². The second-order valence-corrected chi connectivity index (χ2v) is 4.66. The third kappa shape index (κ3) is 8.22. The van der Waals surface area contributed by atoms with Crippen LogP contribution in [0, 0.1) is 5.41 Å². The summed E-state index contributed by atoms with van der Waals surface area (Å²) in [5, 5.41) is 12.3. The smallest absolute Gasteiger partial charge is 0.0494 e. The first kappa shape index (κ1) is 12.9. The highest BCUT2D eigenvalue weighted by molar-refractivity contribution is 4.69. The van der Waals surface area contributed by atoms with Crippen LogP contribution in [0.1, 0.15) is 20.3 Å². The van der Waals surface area contributed by atoms with Gasteiger partial charge in [-0.1, -0.05) is 13.8 Å². The highest BCUT2D eigenvalue weighted by atomic mass is 16.3. The third-order valence-electron chi connectivity index (χ3n) is 1.99. The van der Waals surface area contributed by atoms with E-state index in [0.29, 0.717) is 0 Å². The summed E-state index contributed by atoms with van der Waals surface area (Å²) in [4.78, 5) is 2.18. The molecule has 0 aliphatic carbocycles. The first-order valence-corrected chi connectivity index (χ1v) is 4.94. The van der Waals surface area contributed by atoms with E-state index < -0.39 is 0 Å². The van der Waals surface area contributed by atoms with Gasteiger partial charge in [0.1, 0.15) is 0 Å². The second-order valence-electron chi connectivity index (χ2n) is 4.66. The number of nitrogens with one attached hydrogen (secondary N) is 1. The van der Waals surface area contributed by atoms with E-state index in [2.05, 4.69) is 38.2 Å². The summed E-state index contributed by atoms with van der Waals surface area (Å²) in [5.74, 6) is 0. The molecule has 0 spiro atoms. The standard InChI is InChI=1S/C10H24N2O/c1-10(2,9-13)8-11-6-5-7-12(3)4/h11,13H,5-9H2,1-4H3. The molecule has 0 aromatic heterocycles. The Labute approximate surface area is 82.1 Å². The van der Waals surface area contributed by atoms with Gasteiger partial charge in [-0.3, -0.25) is 0 Å². The van der Waals surface area contributed by atoms with E-state index in [4.69, 9.17) is 5.11 Å². The molecule has 0 aromatic carbocycles. The summed E-state index contributed by atoms with van der Waals surface area (Å²) < 4.78 is 0. The Hall–Kier alpha value is -0.120. The van der Waals surface area contributed by atoms with Crippen molar-refractivity contribution in [3.63, 3.8) is 0 Å². The van der Waals surface area contributed by atoms with Crippen LogP contribution in [0.25, 0.3) is 0 Å². The predicted octanol–water partition coefficient (Wildman–Crippen LogP) is 0.546. The molecule has 2 N–H and O–H groups in total. The molecule has 0 atom stereocenters. The van der Waals surface area contributed by atoms with Crippen LogP contribution in [0.3, 0.4) is 0 Å². The molecule has 0 amide bonds. The zero-order valence-electron chi connectivity index (χ0n) is 9.43. The minimum Gasteiger partial charge on any atom is -0.396 e. The van der Waals surface area contributed by atoms with Crippen LogP contribution in [-0.4, -0.2) is 50.3 Å². The number of aliphatic hydroxyl groups is 1. The molecular weight excluding hydrogens is 164 g/mol. The highest BCUT2D eigenvalue weighted by Crippen LogP contribution is 2.10. The Balaban J connectivity index is 3.26. The lowest BCUT2D eigenvalue weighted by molar-refractivity contribution is 0.157. The molecule has 0 bridgehead atoms. The normalized spacial score (nSPS) is 12.5. The summed E-state index contributed by atoms with van der Waals surface area (Å²) in [5.41, 5.74) is 0.0120. The van der Waals surface area contributed by atoms with E-state index in [1.165, 1.54) is 0 Å². The molecule has 0 saturated carbocycles. The molecule has 0 fully saturated rings. The molecular formula is C10H24N2O. The molecule has 0 aromatic rings. The van der Waals surface area contributed by atoms with Crippen LogP contribution < -0.4 is 5.32 Å². The number of rotatable bonds is 7. The van der Waals surface area contributed by atoms with Gasteiger partial charge < -0.3 is 15.3 Å². The van der Waals surface area contributed by atoms with Gasteiger partial charge in [0.25, 0.3) is 0 Å². The van der Waals surface area contributed by atoms with E-state index in [1.54, 1.807) is 0 Å². The van der Waals surface area contributed by atoms with Crippen molar-refractivity contribution in [3.05, 3.63) is 0 Å². The maximum Gasteiger partial charge on any atom is 0.0494 e. The summed E-state index contributed by atoms with van der Waals surface area (Å²) in [7, 11) is 4.16. The van der Waals surface area contributed by atoms with E-state index in [9.17, 15) is 0 Å². The number of aliphatic hydroxyl groups excluding tert-OH is 1. The predicted molar refractivity (Wildman–Crippen MR) is 56.9 cm³/mol. The Kier molecular flexibility index (Phi) is 6.29. The molecule has 3 nitrogen and oxygen atoms in total. The highest BCUT2D eigenvalue weighted by Gasteiger charge is 2.14. The van der Waals surface area contributed by atoms with E-state index in [1.807, 2.05) is 0 Å². The maximum atomic E-state index is 8.99. The van der Waals surface area contributed by atoms with Gasteiger partial charge in [0.15, 0.2) is 0 Å². The topological polar surface area (TPSA) is 35.5 Å². The lowest BCUT2D eigenvalue weighted by atomic mass is 9.95. The van der Waals surface area contributed by atoms with Gasteiger partial charge in [0, 0.05) is 18.6 Å². The first-order valence-electron chi connectivity index (χ1n) is 4.94. The minimum atomic E-state index is 0.0120. The van der Waals surface area contributed by atoms with Crippen LogP contribution in [0.15, 0.2) is 0 Å². The molecule has 3 heteroatoms. The fraction of sp³-hybridized carbons (Fsp3) is 1.00. The molecule has 0 rings (SSSR count). The molecule has 0 saturated heterocycles. The van der Waals surface area contributed by atoms with Crippen molar-refractivity contribution in [1.82, 2.24) is 10.2 Å². The van der Waals surface area contributed by atoms with Crippen molar-refractivity contribution in [3.8, 4) is 0 Å². The third-order valence-corrected chi connectivity index (χ3v) is 1.99. The van der Waals surface area contributed by atoms with Gasteiger partial charge in [0.2, 0.25) is 0 Å². The Morgan fingerprint density at radius 3 is 2.38 bits per heavy atom. The van der Waals surface area contributed by atoms with Crippen LogP contribution >= 0.6 is 0 Å². The Bertz CT molecular complexity index is 124. The van der Waals surface area contributed by atoms with Gasteiger partial charge in [-0.05, 0) is 33.6 Å².